The molecule has 0 radical (unpaired) electrons. The maximum absolute atomic E-state index is 10.1. The Morgan fingerprint density at radius 1 is 1.38 bits per heavy atom. The highest BCUT2D eigenvalue weighted by Crippen LogP contribution is 2.30. The quantitative estimate of drug-likeness (QED) is 0.941. The molecule has 1 atom stereocenters. The van der Waals surface area contributed by atoms with Crippen LogP contribution in [0.4, 0.5) is 0 Å². The molecule has 1 heterocycles. The zero-order valence-electron chi connectivity index (χ0n) is 8.68. The van der Waals surface area contributed by atoms with Crippen LogP contribution in [0.5, 0.6) is 5.75 Å². The topological polar surface area (TPSA) is 42.6 Å². The second kappa shape index (κ2) is 4.72. The molecule has 0 spiro atoms. The summed E-state index contributed by atoms with van der Waals surface area (Å²) in [6, 6.07) is 9.00. The minimum atomic E-state index is -0.792. The van der Waals surface area contributed by atoms with Gasteiger partial charge < -0.3 is 14.3 Å². The number of hydrogen-bond acceptors (Lipinski definition) is 3. The number of benzene rings is 1. The van der Waals surface area contributed by atoms with E-state index >= 15 is 0 Å². The molecule has 1 N–H and O–H groups in total. The molecule has 1 aromatic heterocycles. The molecule has 0 fully saturated rings. The number of furan rings is 1. The molecular formula is C12H11BrO3. The van der Waals surface area contributed by atoms with Crippen LogP contribution in [0.1, 0.15) is 17.4 Å². The predicted molar refractivity (Wildman–Crippen MR) is 63.5 cm³/mol. The third-order valence-electron chi connectivity index (χ3n) is 2.30. The van der Waals surface area contributed by atoms with Gasteiger partial charge in [-0.2, -0.15) is 0 Å². The Hall–Kier alpha value is -1.26. The highest BCUT2D eigenvalue weighted by molar-refractivity contribution is 9.10. The van der Waals surface area contributed by atoms with Crippen LogP contribution in [0.15, 0.2) is 45.5 Å². The number of methoxy groups -OCH3 is 1. The fourth-order valence-corrected chi connectivity index (χ4v) is 1.88. The Morgan fingerprint density at radius 3 is 2.81 bits per heavy atom. The van der Waals surface area contributed by atoms with Gasteiger partial charge in [0, 0.05) is 0 Å². The van der Waals surface area contributed by atoms with E-state index in [0.717, 1.165) is 10.0 Å². The normalized spacial score (nSPS) is 12.4. The Morgan fingerprint density at radius 2 is 2.19 bits per heavy atom. The van der Waals surface area contributed by atoms with Crippen molar-refractivity contribution in [1.29, 1.82) is 0 Å². The van der Waals surface area contributed by atoms with Crippen molar-refractivity contribution >= 4 is 15.9 Å². The first-order chi connectivity index (χ1) is 7.72. The molecule has 2 rings (SSSR count). The van der Waals surface area contributed by atoms with Crippen molar-refractivity contribution in [3.8, 4) is 5.75 Å². The molecule has 0 amide bonds. The average Bonchev–Trinajstić information content (AvgIpc) is 2.74. The van der Waals surface area contributed by atoms with Crippen LogP contribution in [0.25, 0.3) is 0 Å². The molecule has 0 saturated heterocycles. The molecule has 0 bridgehead atoms. The number of ether oxygens (including phenoxy) is 1. The fourth-order valence-electron chi connectivity index (χ4n) is 1.46. The maximum Gasteiger partial charge on any atom is 0.150 e. The lowest BCUT2D eigenvalue weighted by Gasteiger charge is -2.10. The van der Waals surface area contributed by atoms with Gasteiger partial charge in [0.2, 0.25) is 0 Å². The molecule has 3 nitrogen and oxygen atoms in total. The van der Waals surface area contributed by atoms with E-state index in [-0.39, 0.29) is 0 Å². The van der Waals surface area contributed by atoms with Gasteiger partial charge in [-0.1, -0.05) is 12.1 Å². The number of rotatable bonds is 3. The molecule has 0 aliphatic heterocycles. The molecule has 2 aromatic rings. The maximum atomic E-state index is 10.1. The van der Waals surface area contributed by atoms with Gasteiger partial charge in [-0.3, -0.25) is 0 Å². The Labute approximate surface area is 102 Å². The summed E-state index contributed by atoms with van der Waals surface area (Å²) in [5, 5.41) is 10.1. The van der Waals surface area contributed by atoms with Crippen LogP contribution < -0.4 is 4.74 Å². The van der Waals surface area contributed by atoms with Crippen molar-refractivity contribution in [1.82, 2.24) is 0 Å². The SMILES string of the molecule is COc1cccc(C(O)c2occc2Br)c1. The minimum Gasteiger partial charge on any atom is -0.497 e. The summed E-state index contributed by atoms with van der Waals surface area (Å²) < 4.78 is 11.1. The van der Waals surface area contributed by atoms with Crippen molar-refractivity contribution in [2.45, 2.75) is 6.10 Å². The van der Waals surface area contributed by atoms with Gasteiger partial charge in [0.15, 0.2) is 5.76 Å². The number of halogens is 1. The van der Waals surface area contributed by atoms with E-state index in [0.29, 0.717) is 11.5 Å². The van der Waals surface area contributed by atoms with Gasteiger partial charge in [-0.25, -0.2) is 0 Å². The van der Waals surface area contributed by atoms with E-state index in [1.54, 1.807) is 19.2 Å². The van der Waals surface area contributed by atoms with Crippen molar-refractivity contribution in [3.63, 3.8) is 0 Å². The lowest BCUT2D eigenvalue weighted by atomic mass is 10.1. The molecule has 0 aliphatic carbocycles. The molecule has 16 heavy (non-hydrogen) atoms. The van der Waals surface area contributed by atoms with Crippen LogP contribution in [-0.4, -0.2) is 12.2 Å². The van der Waals surface area contributed by atoms with Crippen molar-refractivity contribution in [2.75, 3.05) is 7.11 Å². The zero-order chi connectivity index (χ0) is 11.5. The molecule has 0 saturated carbocycles. The standard InChI is InChI=1S/C12H11BrO3/c1-15-9-4-2-3-8(7-9)11(14)12-10(13)5-6-16-12/h2-7,11,14H,1H3. The molecule has 1 aromatic carbocycles. The van der Waals surface area contributed by atoms with E-state index in [4.69, 9.17) is 9.15 Å². The van der Waals surface area contributed by atoms with Crippen LogP contribution >= 0.6 is 15.9 Å². The predicted octanol–water partition coefficient (Wildman–Crippen LogP) is 3.13. The van der Waals surface area contributed by atoms with Crippen LogP contribution in [0.3, 0.4) is 0 Å². The highest BCUT2D eigenvalue weighted by atomic mass is 79.9. The summed E-state index contributed by atoms with van der Waals surface area (Å²) in [6.45, 7) is 0. The van der Waals surface area contributed by atoms with Gasteiger partial charge in [-0.15, -0.1) is 0 Å². The molecular weight excluding hydrogens is 272 g/mol. The van der Waals surface area contributed by atoms with Crippen molar-refractivity contribution in [3.05, 3.63) is 52.4 Å². The molecule has 4 heteroatoms. The first-order valence-corrected chi connectivity index (χ1v) is 5.56. The summed E-state index contributed by atoms with van der Waals surface area (Å²) in [7, 11) is 1.59. The second-order valence-electron chi connectivity index (χ2n) is 3.31. The fraction of sp³-hybridized carbons (Fsp3) is 0.167. The number of aliphatic hydroxyl groups excluding tert-OH is 1. The first-order valence-electron chi connectivity index (χ1n) is 4.77. The average molecular weight is 283 g/mol. The molecule has 84 valence electrons. The van der Waals surface area contributed by atoms with Crippen LogP contribution in [0.2, 0.25) is 0 Å². The first kappa shape index (κ1) is 11.2. The lowest BCUT2D eigenvalue weighted by Crippen LogP contribution is -1.99. The minimum absolute atomic E-state index is 0.494. The second-order valence-corrected chi connectivity index (χ2v) is 4.17. The van der Waals surface area contributed by atoms with E-state index in [9.17, 15) is 5.11 Å². The zero-order valence-corrected chi connectivity index (χ0v) is 10.3. The molecule has 1 unspecified atom stereocenters. The van der Waals surface area contributed by atoms with Gasteiger partial charge >= 0.3 is 0 Å². The van der Waals surface area contributed by atoms with E-state index in [1.165, 1.54) is 6.26 Å². The number of aliphatic hydroxyl groups is 1. The highest BCUT2D eigenvalue weighted by Gasteiger charge is 2.17. The van der Waals surface area contributed by atoms with Crippen LogP contribution in [0, 0.1) is 0 Å². The Kier molecular flexibility index (Phi) is 3.31. The monoisotopic (exact) mass is 282 g/mol. The van der Waals surface area contributed by atoms with E-state index in [1.807, 2.05) is 18.2 Å². The summed E-state index contributed by atoms with van der Waals surface area (Å²) in [6.07, 6.45) is 0.738. The van der Waals surface area contributed by atoms with Gasteiger partial charge in [0.05, 0.1) is 17.8 Å². The largest absolute Gasteiger partial charge is 0.497 e. The third kappa shape index (κ3) is 2.13. The van der Waals surface area contributed by atoms with Gasteiger partial charge in [0.25, 0.3) is 0 Å². The molecule has 0 aliphatic rings. The lowest BCUT2D eigenvalue weighted by molar-refractivity contribution is 0.188. The summed E-state index contributed by atoms with van der Waals surface area (Å²) in [5.74, 6) is 1.20. The summed E-state index contributed by atoms with van der Waals surface area (Å²) in [5.41, 5.74) is 0.731. The van der Waals surface area contributed by atoms with E-state index in [2.05, 4.69) is 15.9 Å². The summed E-state index contributed by atoms with van der Waals surface area (Å²) in [4.78, 5) is 0. The Balaban J connectivity index is 2.33. The van der Waals surface area contributed by atoms with Crippen molar-refractivity contribution < 1.29 is 14.3 Å². The van der Waals surface area contributed by atoms with Gasteiger partial charge in [-0.05, 0) is 39.7 Å². The van der Waals surface area contributed by atoms with Crippen LogP contribution in [-0.2, 0) is 0 Å². The van der Waals surface area contributed by atoms with Gasteiger partial charge in [0.1, 0.15) is 11.9 Å². The summed E-state index contributed by atoms with van der Waals surface area (Å²) >= 11 is 3.31. The third-order valence-corrected chi connectivity index (χ3v) is 2.96. The number of hydrogen-bond donors (Lipinski definition) is 1. The van der Waals surface area contributed by atoms with Crippen molar-refractivity contribution in [2.24, 2.45) is 0 Å². The Bertz CT molecular complexity index is 479. The smallest absolute Gasteiger partial charge is 0.150 e. The van der Waals surface area contributed by atoms with E-state index < -0.39 is 6.10 Å².